The van der Waals surface area contributed by atoms with E-state index in [4.69, 9.17) is 0 Å². The van der Waals surface area contributed by atoms with Crippen LogP contribution in [0.5, 0.6) is 0 Å². The van der Waals surface area contributed by atoms with Crippen LogP contribution in [0.4, 0.5) is 0 Å². The number of benzene rings is 2. The van der Waals surface area contributed by atoms with E-state index in [0.717, 1.165) is 22.4 Å². The Hall–Kier alpha value is -3.78. The third kappa shape index (κ3) is 5.23. The molecule has 8 heteroatoms. The van der Waals surface area contributed by atoms with E-state index in [-0.39, 0.29) is 11.7 Å². The molecule has 0 radical (unpaired) electrons. The molecular weight excluding hydrogens is 408 g/mol. The van der Waals surface area contributed by atoms with Crippen LogP contribution in [0.2, 0.25) is 0 Å². The van der Waals surface area contributed by atoms with Crippen molar-refractivity contribution in [2.45, 2.75) is 12.1 Å². The third-order valence-corrected chi connectivity index (χ3v) is 5.33. The van der Waals surface area contributed by atoms with Crippen molar-refractivity contribution >= 4 is 23.9 Å². The summed E-state index contributed by atoms with van der Waals surface area (Å²) in [4.78, 5) is 16.3. The zero-order valence-corrected chi connectivity index (χ0v) is 17.7. The van der Waals surface area contributed by atoms with Crippen molar-refractivity contribution in [3.63, 3.8) is 0 Å². The molecule has 1 amide bonds. The van der Waals surface area contributed by atoms with Crippen molar-refractivity contribution in [3.8, 4) is 17.1 Å². The number of nitrogens with zero attached hydrogens (tertiary/aromatic N) is 5. The molecule has 0 aliphatic carbocycles. The van der Waals surface area contributed by atoms with Gasteiger partial charge >= 0.3 is 0 Å². The maximum absolute atomic E-state index is 12.3. The van der Waals surface area contributed by atoms with Crippen molar-refractivity contribution in [1.29, 1.82) is 0 Å². The molecule has 0 unspecified atom stereocenters. The van der Waals surface area contributed by atoms with Crippen molar-refractivity contribution in [3.05, 3.63) is 90.3 Å². The zero-order chi connectivity index (χ0) is 21.5. The maximum Gasteiger partial charge on any atom is 0.250 e. The Labute approximate surface area is 184 Å². The third-order valence-electron chi connectivity index (χ3n) is 4.40. The van der Waals surface area contributed by atoms with Crippen LogP contribution in [0.15, 0.2) is 89.4 Å². The molecule has 154 valence electrons. The molecule has 0 aliphatic heterocycles. The Morgan fingerprint density at radius 1 is 1.03 bits per heavy atom. The number of amides is 1. The molecular formula is C23H20N6OS. The molecule has 0 aliphatic rings. The van der Waals surface area contributed by atoms with Gasteiger partial charge in [0.1, 0.15) is 0 Å². The predicted octanol–water partition coefficient (Wildman–Crippen LogP) is 3.88. The zero-order valence-electron chi connectivity index (χ0n) is 16.8. The minimum atomic E-state index is -0.221. The highest BCUT2D eigenvalue weighted by molar-refractivity contribution is 7.99. The topological polar surface area (TPSA) is 85.1 Å². The van der Waals surface area contributed by atoms with Gasteiger partial charge in [0.2, 0.25) is 0 Å². The summed E-state index contributed by atoms with van der Waals surface area (Å²) in [5, 5.41) is 13.3. The van der Waals surface area contributed by atoms with Crippen LogP contribution in [-0.2, 0) is 4.79 Å². The summed E-state index contributed by atoms with van der Waals surface area (Å²) in [6.45, 7) is 2.04. The van der Waals surface area contributed by atoms with Crippen LogP contribution in [0.25, 0.3) is 17.1 Å². The van der Waals surface area contributed by atoms with Crippen LogP contribution in [0.1, 0.15) is 11.1 Å². The van der Waals surface area contributed by atoms with Crippen molar-refractivity contribution in [1.82, 2.24) is 25.2 Å². The second-order valence-corrected chi connectivity index (χ2v) is 7.65. The number of pyridine rings is 1. The molecule has 4 rings (SSSR count). The molecule has 2 aromatic carbocycles. The number of aromatic nitrogens is 4. The lowest BCUT2D eigenvalue weighted by atomic mass is 10.2. The number of thioether (sulfide) groups is 1. The SMILES string of the molecule is Cc1ccc(-n2c(SCC(=O)N/N=C/c3ccccc3)nnc2-c2ccncc2)cc1. The van der Waals surface area contributed by atoms with E-state index >= 15 is 0 Å². The van der Waals surface area contributed by atoms with Gasteiger partial charge in [-0.2, -0.15) is 5.10 Å². The summed E-state index contributed by atoms with van der Waals surface area (Å²) >= 11 is 1.30. The van der Waals surface area contributed by atoms with Crippen LogP contribution >= 0.6 is 11.8 Å². The van der Waals surface area contributed by atoms with E-state index in [1.165, 1.54) is 11.8 Å². The normalized spacial score (nSPS) is 11.0. The maximum atomic E-state index is 12.3. The second-order valence-electron chi connectivity index (χ2n) is 6.71. The molecule has 7 nitrogen and oxygen atoms in total. The summed E-state index contributed by atoms with van der Waals surface area (Å²) in [7, 11) is 0. The van der Waals surface area contributed by atoms with Crippen molar-refractivity contribution in [2.75, 3.05) is 5.75 Å². The van der Waals surface area contributed by atoms with Crippen LogP contribution in [0, 0.1) is 6.92 Å². The fourth-order valence-electron chi connectivity index (χ4n) is 2.86. The molecule has 0 spiro atoms. The Bertz CT molecular complexity index is 1170. The molecule has 2 aromatic heterocycles. The fraction of sp³-hybridized carbons (Fsp3) is 0.0870. The van der Waals surface area contributed by atoms with E-state index in [1.54, 1.807) is 18.6 Å². The Balaban J connectivity index is 1.51. The number of nitrogens with one attached hydrogen (secondary N) is 1. The number of carbonyl (C=O) groups excluding carboxylic acids is 1. The first-order chi connectivity index (χ1) is 15.2. The Kier molecular flexibility index (Phi) is 6.49. The van der Waals surface area contributed by atoms with Gasteiger partial charge in [-0.25, -0.2) is 5.43 Å². The molecule has 0 saturated carbocycles. The van der Waals surface area contributed by atoms with Gasteiger partial charge < -0.3 is 0 Å². The first kappa shape index (κ1) is 20.5. The Morgan fingerprint density at radius 3 is 2.52 bits per heavy atom. The van der Waals surface area contributed by atoms with Gasteiger partial charge in [0.05, 0.1) is 12.0 Å². The average molecular weight is 429 g/mol. The quantitative estimate of drug-likeness (QED) is 0.274. The van der Waals surface area contributed by atoms with E-state index in [9.17, 15) is 4.79 Å². The fourth-order valence-corrected chi connectivity index (χ4v) is 3.60. The summed E-state index contributed by atoms with van der Waals surface area (Å²) in [6, 6.07) is 21.4. The van der Waals surface area contributed by atoms with Gasteiger partial charge in [-0.15, -0.1) is 10.2 Å². The monoisotopic (exact) mass is 428 g/mol. The molecule has 0 bridgehead atoms. The van der Waals surface area contributed by atoms with Crippen LogP contribution in [0.3, 0.4) is 0 Å². The van der Waals surface area contributed by atoms with Crippen molar-refractivity contribution in [2.24, 2.45) is 5.10 Å². The highest BCUT2D eigenvalue weighted by atomic mass is 32.2. The molecule has 31 heavy (non-hydrogen) atoms. The number of hydrazone groups is 1. The van der Waals surface area contributed by atoms with Crippen LogP contribution in [-0.4, -0.2) is 37.6 Å². The minimum absolute atomic E-state index is 0.159. The first-order valence-corrected chi connectivity index (χ1v) is 10.6. The molecule has 0 fully saturated rings. The Morgan fingerprint density at radius 2 is 1.77 bits per heavy atom. The van der Waals surface area contributed by atoms with Crippen molar-refractivity contribution < 1.29 is 4.79 Å². The predicted molar refractivity (Wildman–Crippen MR) is 122 cm³/mol. The smallest absolute Gasteiger partial charge is 0.250 e. The standard InChI is InChI=1S/C23H20N6OS/c1-17-7-9-20(10-8-17)29-22(19-11-13-24-14-12-19)27-28-23(29)31-16-21(30)26-25-15-18-5-3-2-4-6-18/h2-15H,16H2,1H3,(H,26,30)/b25-15+. The van der Waals surface area contributed by atoms with E-state index in [0.29, 0.717) is 11.0 Å². The highest BCUT2D eigenvalue weighted by Crippen LogP contribution is 2.27. The average Bonchev–Trinajstić information content (AvgIpc) is 3.23. The number of rotatable bonds is 7. The van der Waals surface area contributed by atoms with E-state index < -0.39 is 0 Å². The molecule has 0 atom stereocenters. The van der Waals surface area contributed by atoms with Gasteiger partial charge in [0.15, 0.2) is 11.0 Å². The summed E-state index contributed by atoms with van der Waals surface area (Å²) in [5.41, 5.74) is 6.44. The van der Waals surface area contributed by atoms with E-state index in [2.05, 4.69) is 25.7 Å². The molecule has 4 aromatic rings. The summed E-state index contributed by atoms with van der Waals surface area (Å²) in [6.07, 6.45) is 5.04. The van der Waals surface area contributed by atoms with Gasteiger partial charge in [-0.1, -0.05) is 59.8 Å². The summed E-state index contributed by atoms with van der Waals surface area (Å²) < 4.78 is 1.94. The largest absolute Gasteiger partial charge is 0.272 e. The summed E-state index contributed by atoms with van der Waals surface area (Å²) in [5.74, 6) is 0.629. The number of hydrogen-bond acceptors (Lipinski definition) is 6. The van der Waals surface area contributed by atoms with Gasteiger partial charge in [-0.05, 0) is 36.8 Å². The highest BCUT2D eigenvalue weighted by Gasteiger charge is 2.17. The minimum Gasteiger partial charge on any atom is -0.272 e. The number of aryl methyl sites for hydroxylation is 1. The second kappa shape index (κ2) is 9.82. The lowest BCUT2D eigenvalue weighted by Crippen LogP contribution is -2.20. The van der Waals surface area contributed by atoms with E-state index in [1.807, 2.05) is 78.2 Å². The number of hydrogen-bond donors (Lipinski definition) is 1. The molecule has 0 saturated heterocycles. The van der Waals surface area contributed by atoms with Crippen LogP contribution < -0.4 is 5.43 Å². The molecule has 1 N–H and O–H groups in total. The van der Waals surface area contributed by atoms with Gasteiger partial charge in [0.25, 0.3) is 5.91 Å². The number of carbonyl (C=O) groups is 1. The first-order valence-electron chi connectivity index (χ1n) is 9.63. The lowest BCUT2D eigenvalue weighted by Gasteiger charge is -2.10. The van der Waals surface area contributed by atoms with Gasteiger partial charge in [0, 0.05) is 23.6 Å². The lowest BCUT2D eigenvalue weighted by molar-refractivity contribution is -0.118. The molecule has 2 heterocycles. The van der Waals surface area contributed by atoms with Gasteiger partial charge in [-0.3, -0.25) is 14.3 Å².